The first kappa shape index (κ1) is 35.5. The molecule has 39 heavy (non-hydrogen) atoms. The number of hydrazone groups is 1. The van der Waals surface area contributed by atoms with Gasteiger partial charge in [0.25, 0.3) is 0 Å². The number of thioether (sulfide) groups is 1. The summed E-state index contributed by atoms with van der Waals surface area (Å²) in [5.74, 6) is 7.18. The van der Waals surface area contributed by atoms with Gasteiger partial charge in [0, 0.05) is 19.1 Å². The maximum absolute atomic E-state index is 13.1. The lowest BCUT2D eigenvalue weighted by atomic mass is 9.78. The van der Waals surface area contributed by atoms with Gasteiger partial charge in [-0.3, -0.25) is 4.79 Å². The second-order valence-corrected chi connectivity index (χ2v) is 15.4. The summed E-state index contributed by atoms with van der Waals surface area (Å²) in [6, 6.07) is 4.17. The lowest BCUT2D eigenvalue weighted by Gasteiger charge is -2.28. The van der Waals surface area contributed by atoms with Crippen LogP contribution in [0, 0.1) is 0 Å². The van der Waals surface area contributed by atoms with E-state index in [0.29, 0.717) is 25.0 Å². The molecule has 0 amide bonds. The first-order valence-corrected chi connectivity index (χ1v) is 16.5. The Morgan fingerprint density at radius 2 is 1.31 bits per heavy atom. The van der Waals surface area contributed by atoms with E-state index in [2.05, 4.69) is 72.6 Å². The van der Waals surface area contributed by atoms with Crippen LogP contribution < -0.4 is 5.84 Å². The molecule has 1 rings (SSSR count). The number of hydrogen-bond acceptors (Lipinski definition) is 5. The number of rotatable bonds is 19. The van der Waals surface area contributed by atoms with Crippen molar-refractivity contribution < 1.29 is 9.90 Å². The number of unbranched alkanes of at least 4 members (excludes halogenated alkanes) is 10. The van der Waals surface area contributed by atoms with E-state index in [4.69, 9.17) is 5.84 Å². The molecule has 0 aliphatic heterocycles. The minimum absolute atomic E-state index is 0.175. The lowest BCUT2D eigenvalue weighted by molar-refractivity contribution is -0.119. The molecule has 0 aliphatic rings. The highest BCUT2D eigenvalue weighted by molar-refractivity contribution is 8.01. The van der Waals surface area contributed by atoms with Crippen molar-refractivity contribution in [1.29, 1.82) is 0 Å². The highest BCUT2D eigenvalue weighted by atomic mass is 32.2. The first-order valence-electron chi connectivity index (χ1n) is 15.5. The molecule has 1 atom stereocenters. The normalized spacial score (nSPS) is 14.2. The van der Waals surface area contributed by atoms with E-state index in [1.54, 1.807) is 6.21 Å². The third-order valence-corrected chi connectivity index (χ3v) is 8.96. The van der Waals surface area contributed by atoms with Gasteiger partial charge < -0.3 is 10.9 Å². The van der Waals surface area contributed by atoms with Gasteiger partial charge in [-0.05, 0) is 53.0 Å². The number of carbonyl (C=O) groups is 1. The number of hydrogen-bond donors (Lipinski definition) is 2. The summed E-state index contributed by atoms with van der Waals surface area (Å²) in [6.45, 7) is 17.1. The fourth-order valence-electron chi connectivity index (χ4n) is 5.11. The molecule has 5 heteroatoms. The zero-order valence-electron chi connectivity index (χ0n) is 26.6. The molecule has 4 nitrogen and oxygen atoms in total. The van der Waals surface area contributed by atoms with Crippen molar-refractivity contribution in [3.63, 3.8) is 0 Å². The van der Waals surface area contributed by atoms with Crippen molar-refractivity contribution in [2.75, 3.05) is 5.75 Å². The summed E-state index contributed by atoms with van der Waals surface area (Å²) >= 11 is 1.81. The molecule has 0 saturated carbocycles. The predicted octanol–water partition coefficient (Wildman–Crippen LogP) is 9.63. The van der Waals surface area contributed by atoms with Gasteiger partial charge in [0.1, 0.15) is 11.5 Å². The molecule has 0 heterocycles. The Morgan fingerprint density at radius 3 is 1.74 bits per heavy atom. The summed E-state index contributed by atoms with van der Waals surface area (Å²) in [5.41, 5.74) is 2.65. The average Bonchev–Trinajstić information content (AvgIpc) is 2.82. The molecule has 0 aromatic heterocycles. The number of nitrogens with two attached hydrogens (primary N) is 1. The molecule has 0 saturated heterocycles. The van der Waals surface area contributed by atoms with Crippen LogP contribution in [0.3, 0.4) is 0 Å². The molecule has 0 fully saturated rings. The van der Waals surface area contributed by atoms with Crippen LogP contribution >= 0.6 is 11.8 Å². The van der Waals surface area contributed by atoms with Crippen molar-refractivity contribution in [1.82, 2.24) is 0 Å². The van der Waals surface area contributed by atoms with Crippen LogP contribution in [0.5, 0.6) is 5.75 Å². The molecule has 3 N–H and O–H groups in total. The number of aromatic hydroxyl groups is 1. The Hall–Kier alpha value is -1.49. The Labute approximate surface area is 245 Å². The Bertz CT molecular complexity index is 847. The van der Waals surface area contributed by atoms with Crippen LogP contribution in [-0.2, 0) is 22.0 Å². The molecular formula is C34H60N2O2S. The van der Waals surface area contributed by atoms with Gasteiger partial charge in [-0.2, -0.15) is 5.10 Å². The van der Waals surface area contributed by atoms with E-state index >= 15 is 0 Å². The summed E-state index contributed by atoms with van der Waals surface area (Å²) in [6.07, 6.45) is 18.0. The van der Waals surface area contributed by atoms with E-state index in [0.717, 1.165) is 22.4 Å². The topological polar surface area (TPSA) is 75.7 Å². The standard InChI is InChI=1S/C34H60N2O2S/c1-9-10-11-12-13-14-15-16-17-18-19-22-39-34(8,26-36-35)25-28(37)21-20-27-23-29(32(2,3)4)31(38)30(24-27)33(5,6)7/h23-24,26,38H,9-22,25,35H2,1-8H3. The third-order valence-electron chi connectivity index (χ3n) is 7.55. The maximum atomic E-state index is 13.1. The number of phenols is 1. The maximum Gasteiger partial charge on any atom is 0.134 e. The fourth-order valence-corrected chi connectivity index (χ4v) is 6.32. The molecule has 0 aliphatic carbocycles. The van der Waals surface area contributed by atoms with E-state index in [-0.39, 0.29) is 21.4 Å². The highest BCUT2D eigenvalue weighted by Gasteiger charge is 2.28. The van der Waals surface area contributed by atoms with Gasteiger partial charge >= 0.3 is 0 Å². The Morgan fingerprint density at radius 1 is 0.846 bits per heavy atom. The van der Waals surface area contributed by atoms with Crippen molar-refractivity contribution in [2.24, 2.45) is 10.9 Å². The summed E-state index contributed by atoms with van der Waals surface area (Å²) in [7, 11) is 0. The van der Waals surface area contributed by atoms with Gasteiger partial charge in [0.2, 0.25) is 0 Å². The lowest BCUT2D eigenvalue weighted by Crippen LogP contribution is -2.27. The quantitative estimate of drug-likeness (QED) is 0.0764. The number of benzene rings is 1. The smallest absolute Gasteiger partial charge is 0.134 e. The van der Waals surface area contributed by atoms with Gasteiger partial charge in [-0.25, -0.2) is 0 Å². The first-order chi connectivity index (χ1) is 18.2. The SMILES string of the molecule is CCCCCCCCCCCCCSC(C)(C=NN)CC(=O)CCc1cc(C(C)(C)C)c(O)c(C(C)(C)C)c1. The Balaban J connectivity index is 2.56. The summed E-state index contributed by atoms with van der Waals surface area (Å²) in [4.78, 5) is 13.1. The minimum Gasteiger partial charge on any atom is -0.507 e. The van der Waals surface area contributed by atoms with Crippen LogP contribution in [0.4, 0.5) is 0 Å². The van der Waals surface area contributed by atoms with Crippen LogP contribution in [0.15, 0.2) is 17.2 Å². The van der Waals surface area contributed by atoms with Gasteiger partial charge in [-0.15, -0.1) is 11.8 Å². The van der Waals surface area contributed by atoms with Gasteiger partial charge in [-0.1, -0.05) is 125 Å². The van der Waals surface area contributed by atoms with Crippen LogP contribution in [-0.4, -0.2) is 27.6 Å². The van der Waals surface area contributed by atoms with Crippen molar-refractivity contribution in [3.05, 3.63) is 28.8 Å². The number of aryl methyl sites for hydroxylation is 1. The van der Waals surface area contributed by atoms with E-state index in [1.165, 1.54) is 70.6 Å². The van der Waals surface area contributed by atoms with E-state index in [1.807, 2.05) is 11.8 Å². The van der Waals surface area contributed by atoms with Gasteiger partial charge in [0.05, 0.1) is 4.75 Å². The van der Waals surface area contributed by atoms with Crippen LogP contribution in [0.25, 0.3) is 0 Å². The molecule has 0 spiro atoms. The third kappa shape index (κ3) is 14.1. The minimum atomic E-state index is -0.369. The second kappa shape index (κ2) is 17.4. The van der Waals surface area contributed by atoms with Gasteiger partial charge in [0.15, 0.2) is 0 Å². The van der Waals surface area contributed by atoms with Crippen molar-refractivity contribution in [3.8, 4) is 5.75 Å². The number of carbonyl (C=O) groups excluding carboxylic acids is 1. The molecule has 0 radical (unpaired) electrons. The predicted molar refractivity (Wildman–Crippen MR) is 173 cm³/mol. The summed E-state index contributed by atoms with van der Waals surface area (Å²) < 4.78 is -0.369. The molecule has 1 aromatic rings. The monoisotopic (exact) mass is 560 g/mol. The molecule has 1 aromatic carbocycles. The highest BCUT2D eigenvalue weighted by Crippen LogP contribution is 2.40. The molecule has 1 unspecified atom stereocenters. The second-order valence-electron chi connectivity index (χ2n) is 13.7. The van der Waals surface area contributed by atoms with Crippen molar-refractivity contribution >= 4 is 23.8 Å². The van der Waals surface area contributed by atoms with Crippen LogP contribution in [0.2, 0.25) is 0 Å². The number of nitrogens with zero attached hydrogens (tertiary/aromatic N) is 1. The number of Topliss-reactive ketones (excluding diaryl/α,β-unsaturated/α-hetero) is 1. The zero-order valence-corrected chi connectivity index (χ0v) is 27.4. The average molecular weight is 561 g/mol. The number of phenolic OH excluding ortho intramolecular Hbond substituents is 1. The number of ketones is 1. The van der Waals surface area contributed by atoms with Crippen molar-refractivity contribution in [2.45, 2.75) is 161 Å². The zero-order chi connectivity index (χ0) is 29.5. The Kier molecular flexibility index (Phi) is 15.8. The largest absolute Gasteiger partial charge is 0.507 e. The van der Waals surface area contributed by atoms with E-state index < -0.39 is 0 Å². The van der Waals surface area contributed by atoms with E-state index in [9.17, 15) is 9.90 Å². The van der Waals surface area contributed by atoms with Crippen LogP contribution in [0.1, 0.15) is 156 Å². The molecular weight excluding hydrogens is 500 g/mol. The molecule has 0 bridgehead atoms. The fraction of sp³-hybridized carbons (Fsp3) is 0.765. The molecule has 224 valence electrons. The summed E-state index contributed by atoms with van der Waals surface area (Å²) in [5, 5.41) is 14.8.